The second kappa shape index (κ2) is 7.41. The lowest BCUT2D eigenvalue weighted by Gasteiger charge is -2.41. The van der Waals surface area contributed by atoms with E-state index in [1.165, 1.54) is 19.3 Å². The maximum atomic E-state index is 6.55. The minimum Gasteiger partial charge on any atom is -0.374 e. The van der Waals surface area contributed by atoms with Crippen LogP contribution in [0.4, 0.5) is 0 Å². The van der Waals surface area contributed by atoms with Crippen LogP contribution in [0.25, 0.3) is 0 Å². The number of rotatable bonds is 7. The Morgan fingerprint density at radius 1 is 1.33 bits per heavy atom. The molecule has 21 heavy (non-hydrogen) atoms. The molecule has 0 amide bonds. The molecule has 1 fully saturated rings. The Hall–Kier alpha value is -0.870. The maximum Gasteiger partial charge on any atom is 0.0836 e. The smallest absolute Gasteiger partial charge is 0.0836 e. The van der Waals surface area contributed by atoms with Crippen molar-refractivity contribution in [3.63, 3.8) is 0 Å². The average molecular weight is 293 g/mol. The van der Waals surface area contributed by atoms with E-state index in [0.29, 0.717) is 6.04 Å². The molecule has 1 aliphatic rings. The van der Waals surface area contributed by atoms with Gasteiger partial charge in [-0.05, 0) is 39.2 Å². The number of hydrogen-bond acceptors (Lipinski definition) is 3. The van der Waals surface area contributed by atoms with Gasteiger partial charge in [0.05, 0.1) is 11.3 Å². The molecule has 0 saturated heterocycles. The summed E-state index contributed by atoms with van der Waals surface area (Å²) in [5.41, 5.74) is 7.50. The van der Waals surface area contributed by atoms with E-state index in [1.54, 1.807) is 0 Å². The highest BCUT2D eigenvalue weighted by Gasteiger charge is 2.38. The second-order valence-electron chi connectivity index (χ2n) is 6.41. The minimum absolute atomic E-state index is 0.0398. The van der Waals surface area contributed by atoms with Crippen molar-refractivity contribution in [2.75, 3.05) is 6.61 Å². The lowest BCUT2D eigenvalue weighted by molar-refractivity contribution is -0.0819. The summed E-state index contributed by atoms with van der Waals surface area (Å²) in [6.07, 6.45) is 9.93. The fraction of sp³-hybridized carbons (Fsp3) is 0.824. The van der Waals surface area contributed by atoms with Crippen molar-refractivity contribution in [2.24, 2.45) is 5.73 Å². The van der Waals surface area contributed by atoms with Crippen molar-refractivity contribution in [1.82, 2.24) is 9.78 Å². The summed E-state index contributed by atoms with van der Waals surface area (Å²) < 4.78 is 8.17. The van der Waals surface area contributed by atoms with Gasteiger partial charge in [0.2, 0.25) is 0 Å². The molecule has 120 valence electrons. The van der Waals surface area contributed by atoms with Crippen LogP contribution in [0.3, 0.4) is 0 Å². The maximum absolute atomic E-state index is 6.55. The molecule has 0 aliphatic heterocycles. The predicted molar refractivity (Wildman–Crippen MR) is 86.4 cm³/mol. The fourth-order valence-corrected chi connectivity index (χ4v) is 3.39. The summed E-state index contributed by atoms with van der Waals surface area (Å²) in [4.78, 5) is 0. The highest BCUT2D eigenvalue weighted by atomic mass is 16.5. The third-order valence-corrected chi connectivity index (χ3v) is 4.94. The summed E-state index contributed by atoms with van der Waals surface area (Å²) in [7, 11) is 0. The van der Waals surface area contributed by atoms with Gasteiger partial charge < -0.3 is 10.5 Å². The summed E-state index contributed by atoms with van der Waals surface area (Å²) in [6.45, 7) is 7.19. The quantitative estimate of drug-likeness (QED) is 0.837. The Balaban J connectivity index is 2.04. The number of nitrogens with two attached hydrogens (primary N) is 1. The standard InChI is InChI=1S/C17H31N3O/c1-4-14(3)20-12-9-15(19-20)13-16(18)17(21-5-2)10-7-6-8-11-17/h9,12,14,16H,4-8,10-11,13,18H2,1-3H3. The number of aromatic nitrogens is 2. The van der Waals surface area contributed by atoms with Crippen LogP contribution < -0.4 is 5.73 Å². The molecule has 1 aliphatic carbocycles. The van der Waals surface area contributed by atoms with Gasteiger partial charge in [-0.3, -0.25) is 4.68 Å². The summed E-state index contributed by atoms with van der Waals surface area (Å²) in [5, 5.41) is 4.69. The molecule has 0 aromatic carbocycles. The van der Waals surface area contributed by atoms with E-state index in [2.05, 4.69) is 42.8 Å². The molecule has 2 atom stereocenters. The van der Waals surface area contributed by atoms with E-state index >= 15 is 0 Å². The Morgan fingerprint density at radius 2 is 2.05 bits per heavy atom. The zero-order valence-corrected chi connectivity index (χ0v) is 13.8. The molecular weight excluding hydrogens is 262 g/mol. The second-order valence-corrected chi connectivity index (χ2v) is 6.41. The fourth-order valence-electron chi connectivity index (χ4n) is 3.39. The van der Waals surface area contributed by atoms with Gasteiger partial charge in [0.1, 0.15) is 0 Å². The van der Waals surface area contributed by atoms with Gasteiger partial charge in [-0.2, -0.15) is 5.10 Å². The predicted octanol–water partition coefficient (Wildman–Crippen LogP) is 3.46. The highest BCUT2D eigenvalue weighted by molar-refractivity contribution is 5.06. The molecule has 4 nitrogen and oxygen atoms in total. The lowest BCUT2D eigenvalue weighted by Crippen LogP contribution is -2.52. The first-order valence-corrected chi connectivity index (χ1v) is 8.55. The molecule has 4 heteroatoms. The van der Waals surface area contributed by atoms with Gasteiger partial charge in [0.25, 0.3) is 0 Å². The van der Waals surface area contributed by atoms with E-state index < -0.39 is 0 Å². The molecule has 1 aromatic heterocycles. The number of hydrogen-bond donors (Lipinski definition) is 1. The summed E-state index contributed by atoms with van der Waals surface area (Å²) in [5.74, 6) is 0. The van der Waals surface area contributed by atoms with Crippen LogP contribution >= 0.6 is 0 Å². The SMILES string of the molecule is CCOC1(C(N)Cc2ccn(C(C)CC)n2)CCCCC1. The summed E-state index contributed by atoms with van der Waals surface area (Å²) >= 11 is 0. The molecular formula is C17H31N3O. The number of nitrogens with zero attached hydrogens (tertiary/aromatic N) is 2. The largest absolute Gasteiger partial charge is 0.374 e. The van der Waals surface area contributed by atoms with Crippen LogP contribution in [0, 0.1) is 0 Å². The van der Waals surface area contributed by atoms with E-state index in [1.807, 2.05) is 0 Å². The van der Waals surface area contributed by atoms with E-state index in [0.717, 1.165) is 38.0 Å². The van der Waals surface area contributed by atoms with Crippen LogP contribution in [-0.2, 0) is 11.2 Å². The molecule has 2 unspecified atom stereocenters. The van der Waals surface area contributed by atoms with Gasteiger partial charge in [0, 0.05) is 31.3 Å². The van der Waals surface area contributed by atoms with Crippen LogP contribution in [0.5, 0.6) is 0 Å². The Morgan fingerprint density at radius 3 is 2.67 bits per heavy atom. The first-order valence-electron chi connectivity index (χ1n) is 8.55. The monoisotopic (exact) mass is 293 g/mol. The van der Waals surface area contributed by atoms with E-state index in [9.17, 15) is 0 Å². The summed E-state index contributed by atoms with van der Waals surface area (Å²) in [6, 6.07) is 2.60. The number of ether oxygens (including phenoxy) is 1. The van der Waals surface area contributed by atoms with E-state index in [4.69, 9.17) is 10.5 Å². The molecule has 0 radical (unpaired) electrons. The van der Waals surface area contributed by atoms with Crippen molar-refractivity contribution < 1.29 is 4.74 Å². The Kier molecular flexibility index (Phi) is 5.82. The van der Waals surface area contributed by atoms with Crippen molar-refractivity contribution in [3.8, 4) is 0 Å². The zero-order chi connectivity index (χ0) is 15.3. The zero-order valence-electron chi connectivity index (χ0n) is 13.8. The molecule has 2 rings (SSSR count). The van der Waals surface area contributed by atoms with Gasteiger partial charge in [0.15, 0.2) is 0 Å². The van der Waals surface area contributed by atoms with Gasteiger partial charge in [-0.15, -0.1) is 0 Å². The first kappa shape index (κ1) is 16.5. The lowest BCUT2D eigenvalue weighted by atomic mass is 9.78. The normalized spacial score (nSPS) is 21.1. The van der Waals surface area contributed by atoms with Crippen molar-refractivity contribution in [2.45, 2.75) is 83.4 Å². The molecule has 0 bridgehead atoms. The van der Waals surface area contributed by atoms with Gasteiger partial charge in [-0.1, -0.05) is 26.2 Å². The highest BCUT2D eigenvalue weighted by Crippen LogP contribution is 2.34. The molecule has 1 saturated carbocycles. The van der Waals surface area contributed by atoms with Crippen LogP contribution in [-0.4, -0.2) is 28.0 Å². The van der Waals surface area contributed by atoms with E-state index in [-0.39, 0.29) is 11.6 Å². The molecule has 2 N–H and O–H groups in total. The molecule has 1 heterocycles. The van der Waals surface area contributed by atoms with Gasteiger partial charge in [-0.25, -0.2) is 0 Å². The van der Waals surface area contributed by atoms with Gasteiger partial charge >= 0.3 is 0 Å². The molecule has 0 spiro atoms. The third-order valence-electron chi connectivity index (χ3n) is 4.94. The topological polar surface area (TPSA) is 53.1 Å². The van der Waals surface area contributed by atoms with Crippen molar-refractivity contribution in [1.29, 1.82) is 0 Å². The Labute approximate surface area is 129 Å². The average Bonchev–Trinajstić information content (AvgIpc) is 2.96. The first-order chi connectivity index (χ1) is 10.1. The molecule has 1 aromatic rings. The van der Waals surface area contributed by atoms with Crippen LogP contribution in [0.1, 0.15) is 71.0 Å². The van der Waals surface area contributed by atoms with Crippen molar-refractivity contribution >= 4 is 0 Å². The third kappa shape index (κ3) is 3.86. The van der Waals surface area contributed by atoms with Crippen LogP contribution in [0.15, 0.2) is 12.3 Å². The van der Waals surface area contributed by atoms with Crippen molar-refractivity contribution in [3.05, 3.63) is 18.0 Å². The minimum atomic E-state index is -0.132. The van der Waals surface area contributed by atoms with Crippen LogP contribution in [0.2, 0.25) is 0 Å². The Bertz CT molecular complexity index is 418.